The first kappa shape index (κ1) is 19.7. The van der Waals surface area contributed by atoms with E-state index in [4.69, 9.17) is 26.7 Å². The Morgan fingerprint density at radius 1 is 1.21 bits per heavy atom. The number of hydrogen-bond donors (Lipinski definition) is 1. The van der Waals surface area contributed by atoms with Gasteiger partial charge in [0, 0.05) is 16.1 Å². The predicted molar refractivity (Wildman–Crippen MR) is 96.4 cm³/mol. The highest BCUT2D eigenvalue weighted by Gasteiger charge is 2.31. The van der Waals surface area contributed by atoms with Gasteiger partial charge in [0.1, 0.15) is 0 Å². The number of alkyl halides is 3. The molecule has 0 amide bonds. The minimum Gasteiger partial charge on any atom is -0.381 e. The fraction of sp³-hybridized carbons (Fsp3) is 0.167. The van der Waals surface area contributed by atoms with E-state index in [2.05, 4.69) is 15.3 Å². The van der Waals surface area contributed by atoms with Crippen LogP contribution in [0.15, 0.2) is 58.2 Å². The summed E-state index contributed by atoms with van der Waals surface area (Å²) < 4.78 is 43.6. The van der Waals surface area contributed by atoms with E-state index in [1.54, 1.807) is 31.2 Å². The summed E-state index contributed by atoms with van der Waals surface area (Å²) in [5.41, 5.74) is 5.76. The molecule has 0 spiro atoms. The molecule has 0 saturated carbocycles. The molecule has 2 aromatic carbocycles. The Hall–Kier alpha value is -3.07. The van der Waals surface area contributed by atoms with E-state index in [1.165, 1.54) is 12.1 Å². The lowest BCUT2D eigenvalue weighted by Gasteiger charge is -2.07. The van der Waals surface area contributed by atoms with E-state index < -0.39 is 17.8 Å². The third-order valence-corrected chi connectivity index (χ3v) is 3.90. The van der Waals surface area contributed by atoms with Gasteiger partial charge in [0.15, 0.2) is 5.84 Å². The molecule has 146 valence electrons. The van der Waals surface area contributed by atoms with Gasteiger partial charge < -0.3 is 15.1 Å². The smallest absolute Gasteiger partial charge is 0.381 e. The maximum absolute atomic E-state index is 12.8. The number of rotatable bonds is 5. The molecule has 3 aromatic rings. The van der Waals surface area contributed by atoms with Crippen LogP contribution in [0.4, 0.5) is 13.2 Å². The van der Waals surface area contributed by atoms with Gasteiger partial charge in [0.05, 0.1) is 5.56 Å². The average molecular weight is 411 g/mol. The third-order valence-electron chi connectivity index (χ3n) is 3.67. The van der Waals surface area contributed by atoms with Crippen LogP contribution in [-0.2, 0) is 11.0 Å². The van der Waals surface area contributed by atoms with E-state index in [1.807, 2.05) is 0 Å². The Labute approximate surface area is 162 Å². The molecule has 2 N–H and O–H groups in total. The molecule has 0 fully saturated rings. The zero-order valence-electron chi connectivity index (χ0n) is 14.4. The van der Waals surface area contributed by atoms with E-state index >= 15 is 0 Å². The highest BCUT2D eigenvalue weighted by atomic mass is 35.5. The lowest BCUT2D eigenvalue weighted by Crippen LogP contribution is -2.14. The fourth-order valence-corrected chi connectivity index (χ4v) is 2.42. The quantitative estimate of drug-likeness (QED) is 0.370. The van der Waals surface area contributed by atoms with Gasteiger partial charge in [0.25, 0.3) is 5.89 Å². The second-order valence-electron chi connectivity index (χ2n) is 5.77. The second-order valence-corrected chi connectivity index (χ2v) is 6.21. The molecule has 6 nitrogen and oxygen atoms in total. The van der Waals surface area contributed by atoms with Crippen molar-refractivity contribution in [1.82, 2.24) is 10.1 Å². The molecule has 0 aliphatic heterocycles. The molecule has 28 heavy (non-hydrogen) atoms. The zero-order valence-corrected chi connectivity index (χ0v) is 15.2. The maximum atomic E-state index is 12.8. The minimum atomic E-state index is -4.47. The molecular weight excluding hydrogens is 397 g/mol. The summed E-state index contributed by atoms with van der Waals surface area (Å²) in [6.07, 6.45) is -5.24. The van der Waals surface area contributed by atoms with Gasteiger partial charge in [-0.2, -0.15) is 18.2 Å². The standard InChI is InChI=1S/C18H14ClF3N4O2/c1-10(27-25-15(23)11-4-3-7-14(19)9-11)17-24-16(26-28-17)12-5-2-6-13(8-12)18(20,21)22/h2-10H,1H3,(H2,23,25)/t10-/m0/s1. The molecular formula is C18H14ClF3N4O2. The van der Waals surface area contributed by atoms with Crippen LogP contribution in [0.2, 0.25) is 5.02 Å². The first-order chi connectivity index (χ1) is 13.2. The number of hydrogen-bond acceptors (Lipinski definition) is 5. The van der Waals surface area contributed by atoms with E-state index in [0.717, 1.165) is 12.1 Å². The van der Waals surface area contributed by atoms with Gasteiger partial charge in [-0.25, -0.2) is 0 Å². The monoisotopic (exact) mass is 410 g/mol. The number of nitrogens with zero attached hydrogens (tertiary/aromatic N) is 3. The molecule has 0 unspecified atom stereocenters. The van der Waals surface area contributed by atoms with Crippen LogP contribution in [0.5, 0.6) is 0 Å². The molecule has 0 aliphatic rings. The largest absolute Gasteiger partial charge is 0.416 e. The van der Waals surface area contributed by atoms with Crippen LogP contribution in [0.25, 0.3) is 11.4 Å². The third kappa shape index (κ3) is 4.61. The van der Waals surface area contributed by atoms with Crippen LogP contribution < -0.4 is 5.73 Å². The number of oxime groups is 1. The highest BCUT2D eigenvalue weighted by molar-refractivity contribution is 6.31. The topological polar surface area (TPSA) is 86.5 Å². The van der Waals surface area contributed by atoms with E-state index in [9.17, 15) is 13.2 Å². The lowest BCUT2D eigenvalue weighted by molar-refractivity contribution is -0.137. The molecule has 1 atom stereocenters. The van der Waals surface area contributed by atoms with Crippen LogP contribution in [0.3, 0.4) is 0 Å². The summed E-state index contributed by atoms with van der Waals surface area (Å²) in [6, 6.07) is 11.3. The Morgan fingerprint density at radius 2 is 1.96 bits per heavy atom. The van der Waals surface area contributed by atoms with Gasteiger partial charge in [-0.3, -0.25) is 0 Å². The van der Waals surface area contributed by atoms with Crippen LogP contribution in [0.1, 0.15) is 30.0 Å². The van der Waals surface area contributed by atoms with Crippen molar-refractivity contribution in [2.75, 3.05) is 0 Å². The molecule has 0 aliphatic carbocycles. The molecule has 0 saturated heterocycles. The van der Waals surface area contributed by atoms with Gasteiger partial charge in [-0.05, 0) is 31.2 Å². The predicted octanol–water partition coefficient (Wildman–Crippen LogP) is 4.81. The summed E-state index contributed by atoms with van der Waals surface area (Å²) in [5.74, 6) is 0.130. The number of halogens is 4. The van der Waals surface area contributed by atoms with Crippen molar-refractivity contribution in [1.29, 1.82) is 0 Å². The number of amidine groups is 1. The molecule has 0 radical (unpaired) electrons. The van der Waals surface area contributed by atoms with E-state index in [-0.39, 0.29) is 23.1 Å². The summed E-state index contributed by atoms with van der Waals surface area (Å²) in [7, 11) is 0. The van der Waals surface area contributed by atoms with Crippen molar-refractivity contribution in [3.63, 3.8) is 0 Å². The summed E-state index contributed by atoms with van der Waals surface area (Å²) in [4.78, 5) is 9.32. The van der Waals surface area contributed by atoms with Crippen molar-refractivity contribution in [3.8, 4) is 11.4 Å². The number of benzene rings is 2. The Balaban J connectivity index is 1.74. The van der Waals surface area contributed by atoms with Gasteiger partial charge in [0.2, 0.25) is 11.9 Å². The van der Waals surface area contributed by atoms with Crippen molar-refractivity contribution in [2.24, 2.45) is 10.9 Å². The zero-order chi connectivity index (χ0) is 20.3. The SMILES string of the molecule is C[C@H](O/N=C(\N)c1cccc(Cl)c1)c1nc(-c2cccc(C(F)(F)F)c2)no1. The Bertz CT molecular complexity index is 1000. The first-order valence-corrected chi connectivity index (χ1v) is 8.38. The van der Waals surface area contributed by atoms with Gasteiger partial charge >= 0.3 is 6.18 Å². The molecule has 10 heteroatoms. The molecule has 3 rings (SSSR count). The summed E-state index contributed by atoms with van der Waals surface area (Å²) in [5, 5.41) is 7.99. The van der Waals surface area contributed by atoms with Crippen molar-refractivity contribution in [2.45, 2.75) is 19.2 Å². The molecule has 1 heterocycles. The maximum Gasteiger partial charge on any atom is 0.416 e. The first-order valence-electron chi connectivity index (χ1n) is 8.00. The number of aromatic nitrogens is 2. The normalized spacial score (nSPS) is 13.4. The summed E-state index contributed by atoms with van der Waals surface area (Å²) >= 11 is 5.89. The number of nitrogens with two attached hydrogens (primary N) is 1. The van der Waals surface area contributed by atoms with Gasteiger partial charge in [-0.1, -0.05) is 46.2 Å². The molecule has 0 bridgehead atoms. The van der Waals surface area contributed by atoms with E-state index in [0.29, 0.717) is 10.6 Å². The van der Waals surface area contributed by atoms with Gasteiger partial charge in [-0.15, -0.1) is 0 Å². The highest BCUT2D eigenvalue weighted by Crippen LogP contribution is 2.31. The summed E-state index contributed by atoms with van der Waals surface area (Å²) in [6.45, 7) is 1.58. The minimum absolute atomic E-state index is 0.00310. The average Bonchev–Trinajstić information content (AvgIpc) is 3.15. The van der Waals surface area contributed by atoms with Crippen molar-refractivity contribution < 1.29 is 22.5 Å². The lowest BCUT2D eigenvalue weighted by atomic mass is 10.1. The van der Waals surface area contributed by atoms with Crippen molar-refractivity contribution in [3.05, 3.63) is 70.6 Å². The Kier molecular flexibility index (Phi) is 5.55. The van der Waals surface area contributed by atoms with Crippen molar-refractivity contribution >= 4 is 17.4 Å². The molecule has 1 aromatic heterocycles. The second kappa shape index (κ2) is 7.89. The van der Waals surface area contributed by atoms with Crippen LogP contribution in [0, 0.1) is 0 Å². The van der Waals surface area contributed by atoms with Crippen LogP contribution >= 0.6 is 11.6 Å². The fourth-order valence-electron chi connectivity index (χ4n) is 2.23. The Morgan fingerprint density at radius 3 is 2.68 bits per heavy atom. The van der Waals surface area contributed by atoms with Crippen LogP contribution in [-0.4, -0.2) is 16.0 Å².